The van der Waals surface area contributed by atoms with Crippen molar-refractivity contribution in [3.63, 3.8) is 0 Å². The number of hydrogen-bond acceptors (Lipinski definition) is 2. The van der Waals surface area contributed by atoms with E-state index in [4.69, 9.17) is 0 Å². The Morgan fingerprint density at radius 2 is 1.81 bits per heavy atom. The fourth-order valence-corrected chi connectivity index (χ4v) is 1.12. The number of nitrogens with one attached hydrogen (secondary N) is 1. The van der Waals surface area contributed by atoms with E-state index in [9.17, 15) is 4.79 Å². The Bertz CT molecular complexity index is 262. The first-order chi connectivity index (χ1) is 7.86. The average Bonchev–Trinajstić information content (AvgIpc) is 2.41. The average molecular weight is 224 g/mol. The van der Waals surface area contributed by atoms with Gasteiger partial charge in [0.05, 0.1) is 0 Å². The van der Waals surface area contributed by atoms with Crippen LogP contribution in [0.3, 0.4) is 0 Å². The SMILES string of the molecule is CC.CCc1cccc(CNC=O)c1.CN. The van der Waals surface area contributed by atoms with Gasteiger partial charge >= 0.3 is 0 Å². The van der Waals surface area contributed by atoms with Crippen LogP contribution in [0.4, 0.5) is 0 Å². The molecule has 1 rings (SSSR count). The summed E-state index contributed by atoms with van der Waals surface area (Å²) in [5.74, 6) is 0. The maximum atomic E-state index is 10.0. The van der Waals surface area contributed by atoms with Gasteiger partial charge in [0.15, 0.2) is 0 Å². The van der Waals surface area contributed by atoms with Crippen molar-refractivity contribution in [2.45, 2.75) is 33.7 Å². The van der Waals surface area contributed by atoms with E-state index in [0.717, 1.165) is 18.4 Å². The maximum absolute atomic E-state index is 10.0. The zero-order valence-electron chi connectivity index (χ0n) is 10.8. The summed E-state index contributed by atoms with van der Waals surface area (Å²) in [4.78, 5) is 10.0. The predicted molar refractivity (Wildman–Crippen MR) is 70.2 cm³/mol. The lowest BCUT2D eigenvalue weighted by atomic mass is 10.1. The Kier molecular flexibility index (Phi) is 14.6. The van der Waals surface area contributed by atoms with Crippen molar-refractivity contribution in [3.05, 3.63) is 35.4 Å². The highest BCUT2D eigenvalue weighted by Crippen LogP contribution is 2.04. The van der Waals surface area contributed by atoms with Gasteiger partial charge in [-0.2, -0.15) is 0 Å². The molecule has 0 heterocycles. The van der Waals surface area contributed by atoms with Crippen LogP contribution in [0.25, 0.3) is 0 Å². The van der Waals surface area contributed by atoms with Crippen LogP contribution in [0.15, 0.2) is 24.3 Å². The first kappa shape index (κ1) is 17.1. The van der Waals surface area contributed by atoms with Crippen LogP contribution in [0.1, 0.15) is 31.9 Å². The third-order valence-corrected chi connectivity index (χ3v) is 1.79. The van der Waals surface area contributed by atoms with Crippen LogP contribution in [-0.2, 0) is 17.8 Å². The van der Waals surface area contributed by atoms with Gasteiger partial charge in [0.2, 0.25) is 6.41 Å². The molecule has 1 amide bonds. The second-order valence-electron chi connectivity index (χ2n) is 2.67. The molecule has 0 aliphatic carbocycles. The minimum Gasteiger partial charge on any atom is -0.355 e. The summed E-state index contributed by atoms with van der Waals surface area (Å²) in [6.45, 7) is 6.74. The molecule has 1 aromatic carbocycles. The molecule has 0 unspecified atom stereocenters. The van der Waals surface area contributed by atoms with E-state index in [-0.39, 0.29) is 0 Å². The fraction of sp³-hybridized carbons (Fsp3) is 0.462. The van der Waals surface area contributed by atoms with Gasteiger partial charge in [-0.05, 0) is 24.6 Å². The lowest BCUT2D eigenvalue weighted by molar-refractivity contribution is -0.109. The lowest BCUT2D eigenvalue weighted by Crippen LogP contribution is -2.09. The smallest absolute Gasteiger partial charge is 0.207 e. The van der Waals surface area contributed by atoms with Gasteiger partial charge in [-0.3, -0.25) is 4.79 Å². The number of amides is 1. The van der Waals surface area contributed by atoms with E-state index in [0.29, 0.717) is 6.54 Å². The number of carbonyl (C=O) groups is 1. The van der Waals surface area contributed by atoms with Crippen LogP contribution in [0, 0.1) is 0 Å². The molecule has 0 aliphatic heterocycles. The van der Waals surface area contributed by atoms with Crippen LogP contribution < -0.4 is 11.1 Å². The number of benzene rings is 1. The molecule has 3 N–H and O–H groups in total. The van der Waals surface area contributed by atoms with Crippen LogP contribution in [0.2, 0.25) is 0 Å². The summed E-state index contributed by atoms with van der Waals surface area (Å²) < 4.78 is 0. The van der Waals surface area contributed by atoms with Crippen LogP contribution in [0.5, 0.6) is 0 Å². The van der Waals surface area contributed by atoms with Crippen molar-refractivity contribution in [2.75, 3.05) is 7.05 Å². The molecular formula is C13H24N2O. The largest absolute Gasteiger partial charge is 0.355 e. The molecule has 92 valence electrons. The molecule has 16 heavy (non-hydrogen) atoms. The third-order valence-electron chi connectivity index (χ3n) is 1.79. The number of nitrogens with two attached hydrogens (primary N) is 1. The minimum absolute atomic E-state index is 0.622. The van der Waals surface area contributed by atoms with E-state index in [2.05, 4.69) is 30.1 Å². The number of rotatable bonds is 4. The second kappa shape index (κ2) is 13.7. The van der Waals surface area contributed by atoms with Crippen molar-refractivity contribution in [1.82, 2.24) is 5.32 Å². The van der Waals surface area contributed by atoms with Crippen molar-refractivity contribution in [1.29, 1.82) is 0 Å². The van der Waals surface area contributed by atoms with E-state index in [1.165, 1.54) is 12.6 Å². The molecule has 0 fully saturated rings. The Morgan fingerprint density at radius 1 is 1.25 bits per heavy atom. The topological polar surface area (TPSA) is 55.1 Å². The van der Waals surface area contributed by atoms with Gasteiger partial charge in [0.25, 0.3) is 0 Å². The van der Waals surface area contributed by atoms with E-state index < -0.39 is 0 Å². The first-order valence-electron chi connectivity index (χ1n) is 5.69. The van der Waals surface area contributed by atoms with Gasteiger partial charge in [-0.1, -0.05) is 45.0 Å². The fourth-order valence-electron chi connectivity index (χ4n) is 1.12. The monoisotopic (exact) mass is 224 g/mol. The highest BCUT2D eigenvalue weighted by molar-refractivity contribution is 5.46. The Hall–Kier alpha value is -1.35. The van der Waals surface area contributed by atoms with Gasteiger partial charge in [0.1, 0.15) is 0 Å². The highest BCUT2D eigenvalue weighted by Gasteiger charge is 1.92. The molecule has 3 heteroatoms. The molecule has 0 spiro atoms. The van der Waals surface area contributed by atoms with Gasteiger partial charge in [-0.25, -0.2) is 0 Å². The number of aryl methyl sites for hydroxylation is 1. The summed E-state index contributed by atoms with van der Waals surface area (Å²) in [6.07, 6.45) is 1.76. The maximum Gasteiger partial charge on any atom is 0.207 e. The molecule has 1 aromatic rings. The van der Waals surface area contributed by atoms with E-state index >= 15 is 0 Å². The molecule has 0 aromatic heterocycles. The minimum atomic E-state index is 0.622. The molecule has 0 saturated carbocycles. The predicted octanol–water partition coefficient (Wildman–Crippen LogP) is 2.10. The van der Waals surface area contributed by atoms with Crippen molar-refractivity contribution >= 4 is 6.41 Å². The van der Waals surface area contributed by atoms with Crippen LogP contribution in [-0.4, -0.2) is 13.5 Å². The van der Waals surface area contributed by atoms with E-state index in [1.54, 1.807) is 0 Å². The van der Waals surface area contributed by atoms with E-state index in [1.807, 2.05) is 26.0 Å². The molecule has 0 radical (unpaired) electrons. The zero-order valence-corrected chi connectivity index (χ0v) is 10.8. The summed E-state index contributed by atoms with van der Waals surface area (Å²) in [7, 11) is 1.50. The van der Waals surface area contributed by atoms with Crippen molar-refractivity contribution in [3.8, 4) is 0 Å². The Labute approximate surface area is 99.0 Å². The van der Waals surface area contributed by atoms with Crippen molar-refractivity contribution < 1.29 is 4.79 Å². The second-order valence-corrected chi connectivity index (χ2v) is 2.67. The van der Waals surface area contributed by atoms with Gasteiger partial charge < -0.3 is 11.1 Å². The lowest BCUT2D eigenvalue weighted by Gasteiger charge is -2.01. The first-order valence-corrected chi connectivity index (χ1v) is 5.69. The highest BCUT2D eigenvalue weighted by atomic mass is 16.1. The number of hydrogen-bond donors (Lipinski definition) is 2. The quantitative estimate of drug-likeness (QED) is 0.769. The number of carbonyl (C=O) groups excluding carboxylic acids is 1. The third kappa shape index (κ3) is 8.00. The molecule has 3 nitrogen and oxygen atoms in total. The Morgan fingerprint density at radius 3 is 2.31 bits per heavy atom. The molecule has 0 saturated heterocycles. The van der Waals surface area contributed by atoms with Crippen molar-refractivity contribution in [2.24, 2.45) is 5.73 Å². The molecule has 0 bridgehead atoms. The molecular weight excluding hydrogens is 200 g/mol. The summed E-state index contributed by atoms with van der Waals surface area (Å²) in [6, 6.07) is 8.22. The van der Waals surface area contributed by atoms with Gasteiger partial charge in [0, 0.05) is 6.54 Å². The summed E-state index contributed by atoms with van der Waals surface area (Å²) in [5, 5.41) is 2.64. The normalized spacial score (nSPS) is 7.81. The molecule has 0 aliphatic rings. The standard InChI is InChI=1S/C10H13NO.C2H6.CH5N/c1-2-9-4-3-5-10(6-9)7-11-8-12;2*1-2/h3-6,8H,2,7H2,1H3,(H,11,12);1-2H3;2H2,1H3. The zero-order chi connectivity index (χ0) is 12.8. The van der Waals surface area contributed by atoms with Crippen LogP contribution >= 0.6 is 0 Å². The summed E-state index contributed by atoms with van der Waals surface area (Å²) in [5.41, 5.74) is 6.96. The molecule has 0 atom stereocenters. The Balaban J connectivity index is 0. The summed E-state index contributed by atoms with van der Waals surface area (Å²) >= 11 is 0. The van der Waals surface area contributed by atoms with Gasteiger partial charge in [-0.15, -0.1) is 0 Å².